The van der Waals surface area contributed by atoms with E-state index in [1.54, 1.807) is 6.26 Å². The molecule has 24 heavy (non-hydrogen) atoms. The molecule has 1 fully saturated rings. The third-order valence-electron chi connectivity index (χ3n) is 4.52. The number of piperazine rings is 1. The number of hydrogen-bond donors (Lipinski definition) is 1. The highest BCUT2D eigenvalue weighted by Crippen LogP contribution is 2.25. The van der Waals surface area contributed by atoms with E-state index < -0.39 is 0 Å². The number of rotatable bonds is 6. The van der Waals surface area contributed by atoms with Crippen molar-refractivity contribution in [1.82, 2.24) is 4.90 Å². The topological polar surface area (TPSA) is 51.0 Å². The average Bonchev–Trinajstić information content (AvgIpc) is 2.61. The lowest BCUT2D eigenvalue weighted by atomic mass is 10.1. The number of nitrogens with zero attached hydrogens (tertiary/aromatic N) is 2. The molecular weight excluding hydrogens is 302 g/mol. The number of nitrogens with two attached hydrogens (primary N) is 1. The molecule has 2 N–H and O–H groups in total. The van der Waals surface area contributed by atoms with E-state index in [-0.39, 0.29) is 6.10 Å². The molecule has 0 aliphatic carbocycles. The van der Waals surface area contributed by atoms with E-state index in [4.69, 9.17) is 15.2 Å². The number of anilines is 2. The molecule has 5 nitrogen and oxygen atoms in total. The van der Waals surface area contributed by atoms with E-state index in [9.17, 15) is 0 Å². The highest BCUT2D eigenvalue weighted by Gasteiger charge is 2.17. The molecule has 0 saturated carbocycles. The summed E-state index contributed by atoms with van der Waals surface area (Å²) in [5.74, 6) is 0. The Balaban J connectivity index is 1.55. The highest BCUT2D eigenvalue weighted by molar-refractivity contribution is 5.59. The first kappa shape index (κ1) is 16.9. The Morgan fingerprint density at radius 2 is 2.04 bits per heavy atom. The van der Waals surface area contributed by atoms with Crippen molar-refractivity contribution < 1.29 is 9.47 Å². The van der Waals surface area contributed by atoms with Crippen LogP contribution < -0.4 is 10.6 Å². The molecule has 0 bridgehead atoms. The minimum atomic E-state index is 0.118. The summed E-state index contributed by atoms with van der Waals surface area (Å²) in [5.41, 5.74) is 9.18. The SMILES string of the molecule is CN1CCN(c2ccc(N)cc2COCCC2C=CC=CO2)CC1. The van der Waals surface area contributed by atoms with Gasteiger partial charge < -0.3 is 25.0 Å². The van der Waals surface area contributed by atoms with Crippen LogP contribution in [0.15, 0.2) is 42.7 Å². The summed E-state index contributed by atoms with van der Waals surface area (Å²) >= 11 is 0. The molecule has 1 aromatic rings. The number of benzene rings is 1. The van der Waals surface area contributed by atoms with Gasteiger partial charge in [-0.15, -0.1) is 0 Å². The zero-order valence-corrected chi connectivity index (χ0v) is 14.4. The van der Waals surface area contributed by atoms with Crippen LogP contribution in [0.3, 0.4) is 0 Å². The molecule has 130 valence electrons. The predicted molar refractivity (Wildman–Crippen MR) is 98.0 cm³/mol. The van der Waals surface area contributed by atoms with Crippen molar-refractivity contribution in [2.75, 3.05) is 50.5 Å². The molecule has 1 atom stereocenters. The van der Waals surface area contributed by atoms with Crippen LogP contribution in [0.4, 0.5) is 11.4 Å². The first-order valence-electron chi connectivity index (χ1n) is 8.61. The summed E-state index contributed by atoms with van der Waals surface area (Å²) in [6.07, 6.45) is 8.66. The number of ether oxygens (including phenoxy) is 2. The number of likely N-dealkylation sites (N-methyl/N-ethyl adjacent to an activating group) is 1. The summed E-state index contributed by atoms with van der Waals surface area (Å²) in [6, 6.07) is 6.13. The third-order valence-corrected chi connectivity index (χ3v) is 4.52. The maximum atomic E-state index is 5.98. The maximum Gasteiger partial charge on any atom is 0.118 e. The predicted octanol–water partition coefficient (Wildman–Crippen LogP) is 2.40. The molecule has 1 unspecified atom stereocenters. The molecule has 2 aliphatic rings. The van der Waals surface area contributed by atoms with Crippen LogP contribution in [0.5, 0.6) is 0 Å². The largest absolute Gasteiger partial charge is 0.494 e. The van der Waals surface area contributed by atoms with E-state index >= 15 is 0 Å². The second-order valence-electron chi connectivity index (χ2n) is 6.41. The summed E-state index contributed by atoms with van der Waals surface area (Å²) < 4.78 is 11.4. The van der Waals surface area contributed by atoms with Crippen molar-refractivity contribution in [3.63, 3.8) is 0 Å². The summed E-state index contributed by atoms with van der Waals surface area (Å²) in [7, 11) is 2.17. The van der Waals surface area contributed by atoms with Crippen LogP contribution in [0.25, 0.3) is 0 Å². The van der Waals surface area contributed by atoms with Crippen molar-refractivity contribution in [3.8, 4) is 0 Å². The van der Waals surface area contributed by atoms with Crippen LogP contribution >= 0.6 is 0 Å². The van der Waals surface area contributed by atoms with E-state index in [1.807, 2.05) is 24.3 Å². The summed E-state index contributed by atoms with van der Waals surface area (Å²) in [4.78, 5) is 4.78. The second-order valence-corrected chi connectivity index (χ2v) is 6.41. The van der Waals surface area contributed by atoms with Crippen LogP contribution in [-0.2, 0) is 16.1 Å². The standard InChI is InChI=1S/C19H27N3O2/c1-21-8-10-22(11-9-21)19-6-5-17(20)14-16(19)15-23-13-7-18-4-2-3-12-24-18/h2-6,12,14,18H,7-11,13,15,20H2,1H3. The number of nitrogen functional groups attached to an aromatic ring is 1. The molecule has 2 heterocycles. The zero-order valence-electron chi connectivity index (χ0n) is 14.4. The Morgan fingerprint density at radius 3 is 2.79 bits per heavy atom. The molecule has 0 amide bonds. The van der Waals surface area contributed by atoms with Crippen LogP contribution in [0.2, 0.25) is 0 Å². The first-order chi connectivity index (χ1) is 11.7. The molecular formula is C19H27N3O2. The Hall–Kier alpha value is -1.98. The fourth-order valence-electron chi connectivity index (χ4n) is 3.05. The van der Waals surface area contributed by atoms with Gasteiger partial charge in [0.1, 0.15) is 6.10 Å². The van der Waals surface area contributed by atoms with Gasteiger partial charge in [-0.05, 0) is 37.4 Å². The van der Waals surface area contributed by atoms with Crippen LogP contribution in [0, 0.1) is 0 Å². The van der Waals surface area contributed by atoms with Crippen molar-refractivity contribution in [1.29, 1.82) is 0 Å². The molecule has 1 aromatic carbocycles. The van der Waals surface area contributed by atoms with Gasteiger partial charge in [0.15, 0.2) is 0 Å². The first-order valence-corrected chi connectivity index (χ1v) is 8.61. The molecule has 0 spiro atoms. The average molecular weight is 329 g/mol. The fraction of sp³-hybridized carbons (Fsp3) is 0.474. The number of hydrogen-bond acceptors (Lipinski definition) is 5. The van der Waals surface area contributed by atoms with E-state index in [1.165, 1.54) is 11.3 Å². The van der Waals surface area contributed by atoms with E-state index in [0.717, 1.165) is 38.3 Å². The Kier molecular flexibility index (Phi) is 5.77. The maximum absolute atomic E-state index is 5.98. The minimum Gasteiger partial charge on any atom is -0.494 e. The summed E-state index contributed by atoms with van der Waals surface area (Å²) in [6.45, 7) is 5.51. The van der Waals surface area contributed by atoms with Gasteiger partial charge in [-0.25, -0.2) is 0 Å². The van der Waals surface area contributed by atoms with Gasteiger partial charge in [0.25, 0.3) is 0 Å². The molecule has 2 aliphatic heterocycles. The fourth-order valence-corrected chi connectivity index (χ4v) is 3.05. The number of allylic oxidation sites excluding steroid dienone is 2. The van der Waals surface area contributed by atoms with Gasteiger partial charge in [-0.3, -0.25) is 0 Å². The van der Waals surface area contributed by atoms with Crippen molar-refractivity contribution in [3.05, 3.63) is 48.3 Å². The smallest absolute Gasteiger partial charge is 0.118 e. The summed E-state index contributed by atoms with van der Waals surface area (Å²) in [5, 5.41) is 0. The quantitative estimate of drug-likeness (QED) is 0.641. The lowest BCUT2D eigenvalue weighted by Crippen LogP contribution is -2.44. The molecule has 0 aromatic heterocycles. The Bertz CT molecular complexity index is 592. The van der Waals surface area contributed by atoms with Crippen LogP contribution in [0.1, 0.15) is 12.0 Å². The Labute approximate surface area is 144 Å². The lowest BCUT2D eigenvalue weighted by Gasteiger charge is -2.35. The van der Waals surface area contributed by atoms with Crippen molar-refractivity contribution >= 4 is 11.4 Å². The highest BCUT2D eigenvalue weighted by atomic mass is 16.5. The normalized spacial score (nSPS) is 21.0. The van der Waals surface area contributed by atoms with Crippen molar-refractivity contribution in [2.45, 2.75) is 19.1 Å². The molecule has 1 saturated heterocycles. The van der Waals surface area contributed by atoms with Gasteiger partial charge >= 0.3 is 0 Å². The monoisotopic (exact) mass is 329 g/mol. The van der Waals surface area contributed by atoms with E-state index in [0.29, 0.717) is 13.2 Å². The van der Waals surface area contributed by atoms with Gasteiger partial charge in [-0.2, -0.15) is 0 Å². The van der Waals surface area contributed by atoms with E-state index in [2.05, 4.69) is 29.0 Å². The van der Waals surface area contributed by atoms with Gasteiger partial charge in [0.05, 0.1) is 19.5 Å². The van der Waals surface area contributed by atoms with Gasteiger partial charge in [-0.1, -0.05) is 6.08 Å². The van der Waals surface area contributed by atoms with Crippen LogP contribution in [-0.4, -0.2) is 50.8 Å². The minimum absolute atomic E-state index is 0.118. The lowest BCUT2D eigenvalue weighted by molar-refractivity contribution is 0.0810. The zero-order chi connectivity index (χ0) is 16.8. The molecule has 0 radical (unpaired) electrons. The molecule has 3 rings (SSSR count). The van der Waals surface area contributed by atoms with Crippen molar-refractivity contribution in [2.24, 2.45) is 0 Å². The van der Waals surface area contributed by atoms with Gasteiger partial charge in [0.2, 0.25) is 0 Å². The Morgan fingerprint density at radius 1 is 1.21 bits per heavy atom. The second kappa shape index (κ2) is 8.22. The van der Waals surface area contributed by atoms with Gasteiger partial charge in [0, 0.05) is 49.5 Å². The third kappa shape index (κ3) is 4.52. The molecule has 5 heteroatoms.